The lowest BCUT2D eigenvalue weighted by molar-refractivity contribution is 0.188. The number of allylic oxidation sites excluding steroid dienone is 1. The molecule has 0 saturated heterocycles. The Morgan fingerprint density at radius 3 is 2.87 bits per heavy atom. The van der Waals surface area contributed by atoms with Gasteiger partial charge in [0.2, 0.25) is 11.7 Å². The van der Waals surface area contributed by atoms with Crippen molar-refractivity contribution in [2.45, 2.75) is 13.5 Å². The Balaban J connectivity index is 1.61. The monoisotopic (exact) mass is 400 g/mol. The summed E-state index contributed by atoms with van der Waals surface area (Å²) in [7, 11) is 1.71. The summed E-state index contributed by atoms with van der Waals surface area (Å²) in [6.07, 6.45) is 9.83. The molecule has 0 radical (unpaired) electrons. The number of aryl methyl sites for hydroxylation is 1. The van der Waals surface area contributed by atoms with Crippen LogP contribution in [0.1, 0.15) is 11.5 Å². The van der Waals surface area contributed by atoms with Crippen molar-refractivity contribution in [1.29, 1.82) is 0 Å². The van der Waals surface area contributed by atoms with Crippen LogP contribution in [-0.2, 0) is 11.3 Å². The van der Waals surface area contributed by atoms with Gasteiger partial charge in [0.05, 0.1) is 36.3 Å². The number of hydrogen-bond donors (Lipinski definition) is 0. The minimum absolute atomic E-state index is 0.524. The van der Waals surface area contributed by atoms with E-state index in [1.807, 2.05) is 24.5 Å². The third kappa shape index (κ3) is 3.31. The maximum absolute atomic E-state index is 5.27. The number of pyridine rings is 2. The van der Waals surface area contributed by atoms with E-state index in [4.69, 9.17) is 9.26 Å². The fourth-order valence-corrected chi connectivity index (χ4v) is 3.59. The Morgan fingerprint density at radius 2 is 2.10 bits per heavy atom. The molecule has 0 atom stereocenters. The molecule has 8 nitrogen and oxygen atoms in total. The summed E-state index contributed by atoms with van der Waals surface area (Å²) in [5.74, 6) is 1.06. The van der Waals surface area contributed by atoms with Gasteiger partial charge >= 0.3 is 0 Å². The largest absolute Gasteiger partial charge is 0.383 e. The molecule has 1 aliphatic heterocycles. The highest BCUT2D eigenvalue weighted by molar-refractivity contribution is 6.16. The zero-order chi connectivity index (χ0) is 20.5. The second kappa shape index (κ2) is 7.64. The number of rotatable bonds is 6. The van der Waals surface area contributed by atoms with Crippen LogP contribution >= 0.6 is 0 Å². The summed E-state index contributed by atoms with van der Waals surface area (Å²) in [4.78, 5) is 17.8. The molecule has 4 aromatic heterocycles. The fraction of sp³-hybridized carbons (Fsp3) is 0.227. The van der Waals surface area contributed by atoms with Crippen LogP contribution in [0.5, 0.6) is 0 Å². The Labute approximate surface area is 173 Å². The standard InChI is InChI=1S/C22H20N6O2/c1-14-26-22(27-30-14)15-4-6-24-19(9-15)20-10-17-18(16-3-5-23-11-16)13-28(7-8-29-2)21(17)12-25-20/h3-4,6,9-13H,5,7-8H2,1-2H3. The van der Waals surface area contributed by atoms with Crippen molar-refractivity contribution in [3.05, 3.63) is 54.3 Å². The summed E-state index contributed by atoms with van der Waals surface area (Å²) in [5.41, 5.74) is 5.68. The fourth-order valence-electron chi connectivity index (χ4n) is 3.59. The van der Waals surface area contributed by atoms with Gasteiger partial charge in [0, 0.05) is 55.7 Å². The Bertz CT molecular complexity index is 1280. The summed E-state index contributed by atoms with van der Waals surface area (Å²) in [6.45, 7) is 3.87. The van der Waals surface area contributed by atoms with Crippen molar-refractivity contribution in [1.82, 2.24) is 24.7 Å². The van der Waals surface area contributed by atoms with Crippen molar-refractivity contribution >= 4 is 22.7 Å². The zero-order valence-corrected chi connectivity index (χ0v) is 16.7. The lowest BCUT2D eigenvalue weighted by atomic mass is 10.1. The normalized spacial score (nSPS) is 13.3. The molecule has 30 heavy (non-hydrogen) atoms. The van der Waals surface area contributed by atoms with Crippen LogP contribution in [0.3, 0.4) is 0 Å². The Morgan fingerprint density at radius 1 is 1.20 bits per heavy atom. The maximum atomic E-state index is 5.27. The van der Waals surface area contributed by atoms with Crippen molar-refractivity contribution in [2.24, 2.45) is 4.99 Å². The van der Waals surface area contributed by atoms with Crippen LogP contribution in [-0.4, -0.2) is 51.2 Å². The highest BCUT2D eigenvalue weighted by atomic mass is 16.5. The van der Waals surface area contributed by atoms with Crippen molar-refractivity contribution in [3.8, 4) is 22.8 Å². The van der Waals surface area contributed by atoms with Gasteiger partial charge in [-0.15, -0.1) is 0 Å². The van der Waals surface area contributed by atoms with E-state index in [1.54, 1.807) is 20.2 Å². The van der Waals surface area contributed by atoms with Crippen molar-refractivity contribution in [2.75, 3.05) is 20.3 Å². The molecule has 8 heteroatoms. The molecular formula is C22H20N6O2. The van der Waals surface area contributed by atoms with E-state index in [0.29, 0.717) is 24.9 Å². The average molecular weight is 400 g/mol. The van der Waals surface area contributed by atoms with Gasteiger partial charge in [-0.3, -0.25) is 15.0 Å². The van der Waals surface area contributed by atoms with Crippen molar-refractivity contribution in [3.63, 3.8) is 0 Å². The first kappa shape index (κ1) is 18.4. The van der Waals surface area contributed by atoms with Gasteiger partial charge in [-0.1, -0.05) is 11.2 Å². The van der Waals surface area contributed by atoms with Gasteiger partial charge in [-0.25, -0.2) is 0 Å². The molecule has 0 aromatic carbocycles. The van der Waals surface area contributed by atoms with Crippen LogP contribution in [0, 0.1) is 6.92 Å². The van der Waals surface area contributed by atoms with E-state index in [-0.39, 0.29) is 0 Å². The molecule has 1 aliphatic rings. The van der Waals surface area contributed by atoms with Gasteiger partial charge in [-0.2, -0.15) is 4.98 Å². The number of nitrogens with zero attached hydrogens (tertiary/aromatic N) is 6. The van der Waals surface area contributed by atoms with E-state index < -0.39 is 0 Å². The van der Waals surface area contributed by atoms with Gasteiger partial charge in [0.1, 0.15) is 0 Å². The van der Waals surface area contributed by atoms with E-state index in [2.05, 4.69) is 48.0 Å². The first-order valence-electron chi connectivity index (χ1n) is 9.68. The Kier molecular flexibility index (Phi) is 4.68. The van der Waals surface area contributed by atoms with Crippen LogP contribution < -0.4 is 0 Å². The molecule has 0 aliphatic carbocycles. The zero-order valence-electron chi connectivity index (χ0n) is 16.7. The number of methoxy groups -OCH3 is 1. The molecule has 0 N–H and O–H groups in total. The molecule has 0 fully saturated rings. The van der Waals surface area contributed by atoms with E-state index in [9.17, 15) is 0 Å². The van der Waals surface area contributed by atoms with Crippen LogP contribution in [0.25, 0.3) is 39.3 Å². The second-order valence-electron chi connectivity index (χ2n) is 7.04. The number of ether oxygens (including phenoxy) is 1. The second-order valence-corrected chi connectivity index (χ2v) is 7.04. The summed E-state index contributed by atoms with van der Waals surface area (Å²) < 4.78 is 12.5. The smallest absolute Gasteiger partial charge is 0.223 e. The predicted octanol–water partition coefficient (Wildman–Crippen LogP) is 3.57. The maximum Gasteiger partial charge on any atom is 0.223 e. The van der Waals surface area contributed by atoms with Crippen LogP contribution in [0.4, 0.5) is 0 Å². The average Bonchev–Trinajstić information content (AvgIpc) is 3.52. The molecule has 150 valence electrons. The predicted molar refractivity (Wildman–Crippen MR) is 114 cm³/mol. The lowest BCUT2D eigenvalue weighted by Crippen LogP contribution is -2.02. The van der Waals surface area contributed by atoms with E-state index in [0.717, 1.165) is 45.5 Å². The van der Waals surface area contributed by atoms with Gasteiger partial charge in [0.25, 0.3) is 0 Å². The summed E-state index contributed by atoms with van der Waals surface area (Å²) in [5, 5.41) is 5.11. The number of aromatic nitrogens is 5. The number of hydrogen-bond acceptors (Lipinski definition) is 7. The van der Waals surface area contributed by atoms with E-state index >= 15 is 0 Å². The summed E-state index contributed by atoms with van der Waals surface area (Å²) in [6, 6.07) is 5.86. The van der Waals surface area contributed by atoms with Gasteiger partial charge in [0.15, 0.2) is 0 Å². The van der Waals surface area contributed by atoms with Crippen LogP contribution in [0.15, 0.2) is 52.4 Å². The quantitative estimate of drug-likeness (QED) is 0.491. The molecule has 0 spiro atoms. The van der Waals surface area contributed by atoms with Gasteiger partial charge < -0.3 is 13.8 Å². The minimum Gasteiger partial charge on any atom is -0.383 e. The molecule has 4 aromatic rings. The Hall–Kier alpha value is -3.65. The summed E-state index contributed by atoms with van der Waals surface area (Å²) >= 11 is 0. The highest BCUT2D eigenvalue weighted by Gasteiger charge is 2.16. The first-order valence-corrected chi connectivity index (χ1v) is 9.68. The van der Waals surface area contributed by atoms with Crippen LogP contribution in [0.2, 0.25) is 0 Å². The van der Waals surface area contributed by atoms with E-state index in [1.165, 1.54) is 0 Å². The number of aliphatic imine (C=N–C) groups is 1. The topological polar surface area (TPSA) is 91.2 Å². The van der Waals surface area contributed by atoms with Crippen molar-refractivity contribution < 1.29 is 9.26 Å². The minimum atomic E-state index is 0.524. The molecule has 5 rings (SSSR count). The third-order valence-corrected chi connectivity index (χ3v) is 5.07. The first-order chi connectivity index (χ1) is 14.7. The molecule has 5 heterocycles. The lowest BCUT2D eigenvalue weighted by Gasteiger charge is -2.05. The number of fused-ring (bicyclic) bond motifs is 1. The highest BCUT2D eigenvalue weighted by Crippen LogP contribution is 2.31. The molecule has 0 bridgehead atoms. The van der Waals surface area contributed by atoms with Gasteiger partial charge in [-0.05, 0) is 23.8 Å². The molecule has 0 unspecified atom stereocenters. The third-order valence-electron chi connectivity index (χ3n) is 5.07. The molecular weight excluding hydrogens is 380 g/mol. The molecule has 0 saturated carbocycles. The molecule has 0 amide bonds. The SMILES string of the molecule is COCCn1cc(C2=CCN=C2)c2cc(-c3cc(-c4noc(C)n4)ccn3)ncc21.